The average molecular weight is 427 g/mol. The zero-order chi connectivity index (χ0) is 23.3. The van der Waals surface area contributed by atoms with E-state index in [1.807, 2.05) is 19.9 Å². The SMILES string of the molecule is COC(=O)c1cc(OC)c(OC)cc1N=Cc1c(C)c(C#N)c(=O)n(CC(C)C)c1O. The third kappa shape index (κ3) is 4.69. The molecule has 0 radical (unpaired) electrons. The summed E-state index contributed by atoms with van der Waals surface area (Å²) in [7, 11) is 4.12. The number of rotatable bonds is 7. The van der Waals surface area contributed by atoms with Crippen LogP contribution in [0.15, 0.2) is 21.9 Å². The summed E-state index contributed by atoms with van der Waals surface area (Å²) in [6.45, 7) is 5.55. The van der Waals surface area contributed by atoms with Gasteiger partial charge in [0, 0.05) is 24.9 Å². The molecule has 164 valence electrons. The van der Waals surface area contributed by atoms with Crippen molar-refractivity contribution in [1.29, 1.82) is 5.26 Å². The minimum absolute atomic E-state index is 0.0550. The molecule has 31 heavy (non-hydrogen) atoms. The molecule has 0 saturated carbocycles. The second-order valence-electron chi connectivity index (χ2n) is 7.13. The van der Waals surface area contributed by atoms with Crippen molar-refractivity contribution < 1.29 is 24.1 Å². The third-order valence-electron chi connectivity index (χ3n) is 4.63. The van der Waals surface area contributed by atoms with Gasteiger partial charge in [0.15, 0.2) is 11.5 Å². The van der Waals surface area contributed by atoms with Gasteiger partial charge in [-0.05, 0) is 18.4 Å². The van der Waals surface area contributed by atoms with Crippen molar-refractivity contribution in [2.75, 3.05) is 21.3 Å². The molecular formula is C22H25N3O6. The number of carbonyl (C=O) groups excluding carboxylic acids is 1. The number of esters is 1. The van der Waals surface area contributed by atoms with E-state index in [1.54, 1.807) is 6.92 Å². The maximum Gasteiger partial charge on any atom is 0.340 e. The molecule has 0 spiro atoms. The zero-order valence-electron chi connectivity index (χ0n) is 18.3. The van der Waals surface area contributed by atoms with Crippen LogP contribution in [-0.2, 0) is 11.3 Å². The van der Waals surface area contributed by atoms with E-state index in [0.717, 1.165) is 4.57 Å². The largest absolute Gasteiger partial charge is 0.494 e. The Balaban J connectivity index is 2.74. The monoisotopic (exact) mass is 427 g/mol. The number of hydrogen-bond acceptors (Lipinski definition) is 8. The second kappa shape index (κ2) is 9.80. The van der Waals surface area contributed by atoms with Gasteiger partial charge >= 0.3 is 5.97 Å². The lowest BCUT2D eigenvalue weighted by molar-refractivity contribution is 0.0601. The summed E-state index contributed by atoms with van der Waals surface area (Å²) in [4.78, 5) is 29.2. The molecule has 1 heterocycles. The zero-order valence-corrected chi connectivity index (χ0v) is 18.3. The van der Waals surface area contributed by atoms with Crippen LogP contribution in [0.5, 0.6) is 17.4 Å². The van der Waals surface area contributed by atoms with E-state index in [4.69, 9.17) is 14.2 Å². The van der Waals surface area contributed by atoms with E-state index in [1.165, 1.54) is 39.7 Å². The highest BCUT2D eigenvalue weighted by atomic mass is 16.5. The molecule has 0 amide bonds. The molecule has 0 bridgehead atoms. The van der Waals surface area contributed by atoms with Gasteiger partial charge in [-0.2, -0.15) is 5.26 Å². The summed E-state index contributed by atoms with van der Waals surface area (Å²) in [5, 5.41) is 20.2. The van der Waals surface area contributed by atoms with Crippen molar-refractivity contribution in [3.05, 3.63) is 44.7 Å². The normalized spacial score (nSPS) is 10.9. The van der Waals surface area contributed by atoms with Gasteiger partial charge in [0.2, 0.25) is 5.88 Å². The van der Waals surface area contributed by atoms with Gasteiger partial charge in [0.25, 0.3) is 5.56 Å². The minimum atomic E-state index is -0.642. The van der Waals surface area contributed by atoms with Crippen molar-refractivity contribution >= 4 is 17.9 Å². The maximum absolute atomic E-state index is 12.6. The molecule has 9 heteroatoms. The van der Waals surface area contributed by atoms with Gasteiger partial charge in [-0.3, -0.25) is 14.4 Å². The summed E-state index contributed by atoms with van der Waals surface area (Å²) >= 11 is 0. The van der Waals surface area contributed by atoms with Gasteiger partial charge in [-0.25, -0.2) is 4.79 Å². The molecule has 0 aliphatic rings. The van der Waals surface area contributed by atoms with Crippen LogP contribution in [0.2, 0.25) is 0 Å². The molecule has 0 saturated heterocycles. The van der Waals surface area contributed by atoms with Crippen molar-refractivity contribution in [2.45, 2.75) is 27.3 Å². The predicted molar refractivity (Wildman–Crippen MR) is 115 cm³/mol. The van der Waals surface area contributed by atoms with Crippen LogP contribution >= 0.6 is 0 Å². The van der Waals surface area contributed by atoms with Crippen molar-refractivity contribution in [2.24, 2.45) is 10.9 Å². The average Bonchev–Trinajstić information content (AvgIpc) is 2.75. The summed E-state index contributed by atoms with van der Waals surface area (Å²) in [6, 6.07) is 4.82. The number of nitrogens with zero attached hydrogens (tertiary/aromatic N) is 3. The fourth-order valence-electron chi connectivity index (χ4n) is 3.04. The molecule has 0 aliphatic carbocycles. The van der Waals surface area contributed by atoms with Crippen LogP contribution in [0.3, 0.4) is 0 Å². The maximum atomic E-state index is 12.6. The summed E-state index contributed by atoms with van der Waals surface area (Å²) < 4.78 is 16.5. The Bertz CT molecular complexity index is 1130. The van der Waals surface area contributed by atoms with E-state index < -0.39 is 11.5 Å². The first kappa shape index (κ1) is 23.5. The van der Waals surface area contributed by atoms with Crippen LogP contribution in [0.1, 0.15) is 40.9 Å². The molecular weight excluding hydrogens is 402 g/mol. The fourth-order valence-corrected chi connectivity index (χ4v) is 3.04. The number of methoxy groups -OCH3 is 3. The number of benzene rings is 1. The Morgan fingerprint density at radius 1 is 1.26 bits per heavy atom. The molecule has 0 unspecified atom stereocenters. The third-order valence-corrected chi connectivity index (χ3v) is 4.63. The van der Waals surface area contributed by atoms with Gasteiger partial charge in [-0.1, -0.05) is 13.8 Å². The molecule has 1 aromatic carbocycles. The number of aliphatic imine (C=N–C) groups is 1. The lowest BCUT2D eigenvalue weighted by Crippen LogP contribution is -2.27. The molecule has 0 fully saturated rings. The van der Waals surface area contributed by atoms with Crippen LogP contribution < -0.4 is 15.0 Å². The Kier molecular flexibility index (Phi) is 7.42. The smallest absolute Gasteiger partial charge is 0.340 e. The quantitative estimate of drug-likeness (QED) is 0.532. The predicted octanol–water partition coefficient (Wildman–Crippen LogP) is 2.94. The number of pyridine rings is 1. The topological polar surface area (TPSA) is 123 Å². The Hall–Kier alpha value is -3.80. The first-order valence-electron chi connectivity index (χ1n) is 9.44. The fraction of sp³-hybridized carbons (Fsp3) is 0.364. The molecule has 0 aliphatic heterocycles. The van der Waals surface area contributed by atoms with Crippen LogP contribution in [0.25, 0.3) is 0 Å². The van der Waals surface area contributed by atoms with Crippen molar-refractivity contribution in [3.8, 4) is 23.4 Å². The van der Waals surface area contributed by atoms with E-state index in [0.29, 0.717) is 11.5 Å². The van der Waals surface area contributed by atoms with E-state index in [9.17, 15) is 20.0 Å². The van der Waals surface area contributed by atoms with E-state index in [-0.39, 0.29) is 46.3 Å². The van der Waals surface area contributed by atoms with Gasteiger partial charge < -0.3 is 19.3 Å². The lowest BCUT2D eigenvalue weighted by Gasteiger charge is -2.16. The van der Waals surface area contributed by atoms with Crippen molar-refractivity contribution in [3.63, 3.8) is 0 Å². The number of ether oxygens (including phenoxy) is 3. The second-order valence-corrected chi connectivity index (χ2v) is 7.13. The number of nitriles is 1. The van der Waals surface area contributed by atoms with Crippen LogP contribution in [0.4, 0.5) is 5.69 Å². The van der Waals surface area contributed by atoms with Gasteiger partial charge in [0.1, 0.15) is 11.6 Å². The molecule has 1 aromatic heterocycles. The van der Waals surface area contributed by atoms with Crippen LogP contribution in [-0.4, -0.2) is 43.2 Å². The Labute approximate surface area is 180 Å². The Morgan fingerprint density at radius 3 is 2.39 bits per heavy atom. The number of carbonyl (C=O) groups is 1. The summed E-state index contributed by atoms with van der Waals surface area (Å²) in [6.07, 6.45) is 1.30. The first-order valence-corrected chi connectivity index (χ1v) is 9.44. The van der Waals surface area contributed by atoms with Crippen molar-refractivity contribution in [1.82, 2.24) is 4.57 Å². The highest BCUT2D eigenvalue weighted by Crippen LogP contribution is 2.35. The first-order chi connectivity index (χ1) is 14.7. The van der Waals surface area contributed by atoms with Gasteiger partial charge in [0.05, 0.1) is 38.1 Å². The van der Waals surface area contributed by atoms with E-state index in [2.05, 4.69) is 4.99 Å². The standard InChI is InChI=1S/C22H25N3O6/c1-12(2)11-25-20(26)15(9-23)13(3)16(21(25)27)10-24-17-8-19(30-5)18(29-4)7-14(17)22(28)31-6/h7-8,10,12,27H,11H2,1-6H3. The number of aromatic nitrogens is 1. The molecule has 9 nitrogen and oxygen atoms in total. The molecule has 2 aromatic rings. The number of hydrogen-bond donors (Lipinski definition) is 1. The van der Waals surface area contributed by atoms with Gasteiger partial charge in [-0.15, -0.1) is 0 Å². The van der Waals surface area contributed by atoms with Crippen LogP contribution in [0, 0.1) is 24.2 Å². The Morgan fingerprint density at radius 2 is 1.87 bits per heavy atom. The minimum Gasteiger partial charge on any atom is -0.494 e. The molecule has 1 N–H and O–H groups in total. The molecule has 2 rings (SSSR count). The molecule has 0 atom stereocenters. The summed E-state index contributed by atoms with van der Waals surface area (Å²) in [5.41, 5.74) is 0.148. The highest BCUT2D eigenvalue weighted by Gasteiger charge is 2.20. The summed E-state index contributed by atoms with van der Waals surface area (Å²) in [5.74, 6) is -0.237. The lowest BCUT2D eigenvalue weighted by atomic mass is 10.1. The van der Waals surface area contributed by atoms with E-state index >= 15 is 0 Å². The highest BCUT2D eigenvalue weighted by molar-refractivity contribution is 5.98. The number of aromatic hydroxyl groups is 1.